The molecule has 1 heterocycles. The van der Waals surface area contributed by atoms with Crippen LogP contribution in [0.4, 0.5) is 0 Å². The van der Waals surface area contributed by atoms with Crippen LogP contribution in [0.1, 0.15) is 15.4 Å². The zero-order chi connectivity index (χ0) is 7.56. The minimum Gasteiger partial charge on any atom is -0.390 e. The van der Waals surface area contributed by atoms with Gasteiger partial charge in [0.25, 0.3) is 5.91 Å². The van der Waals surface area contributed by atoms with E-state index in [1.807, 2.05) is 0 Å². The lowest BCUT2D eigenvalue weighted by Crippen LogP contribution is -2.11. The maximum absolute atomic E-state index is 10.5. The smallest absolute Gasteiger partial charge is 0.260 e. The van der Waals surface area contributed by atoms with E-state index >= 15 is 0 Å². The number of hydrogen-bond acceptors (Lipinski definition) is 4. The molecule has 1 aromatic heterocycles. The molecule has 0 saturated carbocycles. The van der Waals surface area contributed by atoms with Crippen molar-refractivity contribution < 1.29 is 9.90 Å². The normalized spacial score (nSPS) is 9.70. The molecular formula is C5H6N2O2S. The van der Waals surface area contributed by atoms with Gasteiger partial charge in [0, 0.05) is 0 Å². The van der Waals surface area contributed by atoms with Crippen molar-refractivity contribution >= 4 is 17.2 Å². The molecule has 1 aromatic rings. The summed E-state index contributed by atoms with van der Waals surface area (Å²) in [5, 5.41) is 8.59. The molecule has 1 amide bonds. The Kier molecular flexibility index (Phi) is 1.98. The lowest BCUT2D eigenvalue weighted by Gasteiger charge is -1.90. The van der Waals surface area contributed by atoms with Crippen LogP contribution in [0.5, 0.6) is 0 Å². The number of aliphatic hydroxyl groups is 1. The van der Waals surface area contributed by atoms with Crippen LogP contribution in [0.3, 0.4) is 0 Å². The standard InChI is InChI=1S/C5H6N2O2S/c6-5(9)4-3(1-8)7-2-10-4/h2,8H,1H2,(H2,6,9). The van der Waals surface area contributed by atoms with Gasteiger partial charge in [-0.3, -0.25) is 4.79 Å². The van der Waals surface area contributed by atoms with Crippen molar-refractivity contribution in [3.05, 3.63) is 16.1 Å². The Hall–Kier alpha value is -0.940. The Morgan fingerprint density at radius 1 is 1.90 bits per heavy atom. The third-order valence-corrected chi connectivity index (χ3v) is 1.90. The van der Waals surface area contributed by atoms with Gasteiger partial charge < -0.3 is 10.8 Å². The van der Waals surface area contributed by atoms with Crippen molar-refractivity contribution in [2.75, 3.05) is 0 Å². The van der Waals surface area contributed by atoms with E-state index < -0.39 is 5.91 Å². The molecular weight excluding hydrogens is 152 g/mol. The van der Waals surface area contributed by atoms with Crippen LogP contribution in [-0.2, 0) is 6.61 Å². The van der Waals surface area contributed by atoms with E-state index in [4.69, 9.17) is 10.8 Å². The molecule has 0 aromatic carbocycles. The first-order chi connectivity index (χ1) is 4.75. The number of hydrogen-bond donors (Lipinski definition) is 2. The molecule has 0 aliphatic rings. The molecule has 0 aliphatic heterocycles. The molecule has 0 radical (unpaired) electrons. The first-order valence-corrected chi connectivity index (χ1v) is 3.46. The molecule has 10 heavy (non-hydrogen) atoms. The van der Waals surface area contributed by atoms with Gasteiger partial charge in [-0.25, -0.2) is 4.98 Å². The zero-order valence-corrected chi connectivity index (χ0v) is 5.89. The van der Waals surface area contributed by atoms with Gasteiger partial charge in [-0.1, -0.05) is 0 Å². The van der Waals surface area contributed by atoms with Gasteiger partial charge >= 0.3 is 0 Å². The van der Waals surface area contributed by atoms with Crippen LogP contribution >= 0.6 is 11.3 Å². The quantitative estimate of drug-likeness (QED) is 0.622. The molecule has 0 spiro atoms. The highest BCUT2D eigenvalue weighted by Gasteiger charge is 2.08. The number of thiazole rings is 1. The maximum Gasteiger partial charge on any atom is 0.260 e. The Bertz CT molecular complexity index is 246. The van der Waals surface area contributed by atoms with E-state index in [-0.39, 0.29) is 6.61 Å². The molecule has 0 unspecified atom stereocenters. The summed E-state index contributed by atoms with van der Waals surface area (Å²) in [6, 6.07) is 0. The van der Waals surface area contributed by atoms with Gasteiger partial charge in [0.15, 0.2) is 0 Å². The summed E-state index contributed by atoms with van der Waals surface area (Å²) in [4.78, 5) is 14.6. The summed E-state index contributed by atoms with van der Waals surface area (Å²) < 4.78 is 0. The summed E-state index contributed by atoms with van der Waals surface area (Å²) >= 11 is 1.14. The van der Waals surface area contributed by atoms with Gasteiger partial charge in [-0.05, 0) is 0 Å². The summed E-state index contributed by atoms with van der Waals surface area (Å²) in [5.74, 6) is -0.536. The third-order valence-electron chi connectivity index (χ3n) is 1.01. The topological polar surface area (TPSA) is 76.2 Å². The largest absolute Gasteiger partial charge is 0.390 e. The van der Waals surface area contributed by atoms with E-state index in [2.05, 4.69) is 4.98 Å². The predicted molar refractivity (Wildman–Crippen MR) is 36.6 cm³/mol. The van der Waals surface area contributed by atoms with Crippen LogP contribution < -0.4 is 5.73 Å². The summed E-state index contributed by atoms with van der Waals surface area (Å²) in [7, 11) is 0. The van der Waals surface area contributed by atoms with Crippen LogP contribution in [0, 0.1) is 0 Å². The van der Waals surface area contributed by atoms with Gasteiger partial charge in [0.05, 0.1) is 17.8 Å². The first kappa shape index (κ1) is 7.17. The Morgan fingerprint density at radius 2 is 2.60 bits per heavy atom. The fourth-order valence-corrected chi connectivity index (χ4v) is 1.24. The van der Waals surface area contributed by atoms with Gasteiger partial charge in [-0.2, -0.15) is 0 Å². The van der Waals surface area contributed by atoms with Crippen LogP contribution in [0.25, 0.3) is 0 Å². The van der Waals surface area contributed by atoms with Crippen molar-refractivity contribution in [1.82, 2.24) is 4.98 Å². The molecule has 5 heteroatoms. The summed E-state index contributed by atoms with van der Waals surface area (Å²) in [6.07, 6.45) is 0. The third kappa shape index (κ3) is 1.14. The summed E-state index contributed by atoms with van der Waals surface area (Å²) in [5.41, 5.74) is 6.79. The minimum atomic E-state index is -0.536. The molecule has 3 N–H and O–H groups in total. The second-order valence-corrected chi connectivity index (χ2v) is 2.51. The SMILES string of the molecule is NC(=O)c1scnc1CO. The number of primary amides is 1. The first-order valence-electron chi connectivity index (χ1n) is 2.58. The van der Waals surface area contributed by atoms with Crippen molar-refractivity contribution in [2.45, 2.75) is 6.61 Å². The second-order valence-electron chi connectivity index (χ2n) is 1.65. The number of nitrogens with zero attached hydrogens (tertiary/aromatic N) is 1. The average molecular weight is 158 g/mol. The van der Waals surface area contributed by atoms with Crippen molar-refractivity contribution in [3.63, 3.8) is 0 Å². The number of nitrogens with two attached hydrogens (primary N) is 1. The van der Waals surface area contributed by atoms with E-state index in [0.29, 0.717) is 10.6 Å². The number of carbonyl (C=O) groups excluding carboxylic acids is 1. The predicted octanol–water partition coefficient (Wildman–Crippen LogP) is -0.266. The van der Waals surface area contributed by atoms with Gasteiger partial charge in [-0.15, -0.1) is 11.3 Å². The van der Waals surface area contributed by atoms with Crippen molar-refractivity contribution in [3.8, 4) is 0 Å². The van der Waals surface area contributed by atoms with Crippen molar-refractivity contribution in [1.29, 1.82) is 0 Å². The minimum absolute atomic E-state index is 0.234. The second kappa shape index (κ2) is 2.76. The van der Waals surface area contributed by atoms with Crippen molar-refractivity contribution in [2.24, 2.45) is 5.73 Å². The van der Waals surface area contributed by atoms with Crippen LogP contribution in [0.15, 0.2) is 5.51 Å². The summed E-state index contributed by atoms with van der Waals surface area (Å²) in [6.45, 7) is -0.234. The molecule has 0 fully saturated rings. The van der Waals surface area contributed by atoms with Gasteiger partial charge in [0.1, 0.15) is 4.88 Å². The lowest BCUT2D eigenvalue weighted by atomic mass is 10.4. The number of rotatable bonds is 2. The Morgan fingerprint density at radius 3 is 3.00 bits per heavy atom. The van der Waals surface area contributed by atoms with Crippen LogP contribution in [0.2, 0.25) is 0 Å². The lowest BCUT2D eigenvalue weighted by molar-refractivity contribution is 0.100. The highest BCUT2D eigenvalue weighted by molar-refractivity contribution is 7.11. The molecule has 0 aliphatic carbocycles. The number of amides is 1. The monoisotopic (exact) mass is 158 g/mol. The Balaban J connectivity index is 3.01. The average Bonchev–Trinajstić information content (AvgIpc) is 2.33. The number of aliphatic hydroxyl groups excluding tert-OH is 1. The number of carbonyl (C=O) groups is 1. The Labute approximate surface area is 61.3 Å². The molecule has 54 valence electrons. The molecule has 0 atom stereocenters. The molecule has 0 bridgehead atoms. The molecule has 0 saturated heterocycles. The fraction of sp³-hybridized carbons (Fsp3) is 0.200. The zero-order valence-electron chi connectivity index (χ0n) is 5.07. The van der Waals surface area contributed by atoms with Crippen LogP contribution in [-0.4, -0.2) is 16.0 Å². The fourth-order valence-electron chi connectivity index (χ4n) is 0.582. The molecule has 1 rings (SSSR count). The highest BCUT2D eigenvalue weighted by atomic mass is 32.1. The van der Waals surface area contributed by atoms with E-state index in [1.165, 1.54) is 5.51 Å². The van der Waals surface area contributed by atoms with Gasteiger partial charge in [0.2, 0.25) is 0 Å². The van der Waals surface area contributed by atoms with E-state index in [0.717, 1.165) is 11.3 Å². The number of aromatic nitrogens is 1. The highest BCUT2D eigenvalue weighted by Crippen LogP contribution is 2.11. The van der Waals surface area contributed by atoms with E-state index in [9.17, 15) is 4.79 Å². The maximum atomic E-state index is 10.5. The van der Waals surface area contributed by atoms with E-state index in [1.54, 1.807) is 0 Å². The molecule has 4 nitrogen and oxygen atoms in total.